The Bertz CT molecular complexity index is 95.2. The third-order valence-electron chi connectivity index (χ3n) is 0.393. The Labute approximate surface area is 55.1 Å². The minimum absolute atomic E-state index is 0. The summed E-state index contributed by atoms with van der Waals surface area (Å²) in [5.74, 6) is 0. The van der Waals surface area contributed by atoms with E-state index in [-0.39, 0.29) is 5.48 Å². The summed E-state index contributed by atoms with van der Waals surface area (Å²) in [7, 11) is -2.74. The van der Waals surface area contributed by atoms with Crippen molar-refractivity contribution in [2.24, 2.45) is 0 Å². The van der Waals surface area contributed by atoms with Crippen molar-refractivity contribution < 1.29 is 19.5 Å². The first-order valence-electron chi connectivity index (χ1n) is 2.34. The van der Waals surface area contributed by atoms with Crippen LogP contribution in [-0.2, 0) is 9.09 Å². The molecular weight excluding hydrogens is 143 g/mol. The normalized spacial score (nSPS) is 14.2. The minimum Gasteiger partial charge on any atom is -0.412 e. The fourth-order valence-electron chi connectivity index (χ4n) is 0.262. The molecule has 0 saturated heterocycles. The van der Waals surface area contributed by atoms with Gasteiger partial charge in [-0.05, 0) is 20.8 Å². The molecule has 0 heterocycles. The molecule has 0 aliphatic rings. The van der Waals surface area contributed by atoms with Gasteiger partial charge in [0, 0.05) is 0 Å². The predicted molar refractivity (Wildman–Crippen MR) is 35.7 cm³/mol. The highest BCUT2D eigenvalue weighted by atomic mass is 31.1. The Hall–Kier alpha value is 0.110. The molecule has 3 N–H and O–H groups in total. The van der Waals surface area contributed by atoms with Gasteiger partial charge in [0.1, 0.15) is 0 Å². The molecule has 0 spiro atoms. The molecule has 1 unspecified atom stereocenters. The van der Waals surface area contributed by atoms with Crippen molar-refractivity contribution in [3.63, 3.8) is 0 Å². The number of rotatable bonds is 1. The summed E-state index contributed by atoms with van der Waals surface area (Å²) in [6, 6.07) is 0. The van der Waals surface area contributed by atoms with E-state index in [1.54, 1.807) is 20.8 Å². The van der Waals surface area contributed by atoms with E-state index in [0.717, 1.165) is 0 Å². The van der Waals surface area contributed by atoms with Crippen molar-refractivity contribution in [1.29, 1.82) is 0 Å². The van der Waals surface area contributed by atoms with E-state index in [1.807, 2.05) is 0 Å². The van der Waals surface area contributed by atoms with Gasteiger partial charge in [-0.15, -0.1) is 0 Å². The first-order valence-corrected chi connectivity index (χ1v) is 3.60. The van der Waals surface area contributed by atoms with E-state index in [2.05, 4.69) is 4.52 Å². The van der Waals surface area contributed by atoms with Gasteiger partial charge < -0.3 is 14.9 Å². The van der Waals surface area contributed by atoms with Crippen molar-refractivity contribution in [1.82, 2.24) is 0 Å². The van der Waals surface area contributed by atoms with Crippen molar-refractivity contribution in [2.75, 3.05) is 0 Å². The van der Waals surface area contributed by atoms with Crippen LogP contribution < -0.4 is 0 Å². The summed E-state index contributed by atoms with van der Waals surface area (Å²) in [6.07, 6.45) is 0. The highest BCUT2D eigenvalue weighted by Crippen LogP contribution is 2.24. The maximum atomic E-state index is 9.98. The summed E-state index contributed by atoms with van der Waals surface area (Å²) in [5, 5.41) is 0. The zero-order chi connectivity index (χ0) is 6.78. The number of hydrogen-bond acceptors (Lipinski definition) is 2. The Morgan fingerprint density at radius 3 is 1.78 bits per heavy atom. The molecular formula is C4H13O4P. The lowest BCUT2D eigenvalue weighted by Gasteiger charge is -2.15. The molecule has 58 valence electrons. The van der Waals surface area contributed by atoms with Crippen LogP contribution in [-0.4, -0.2) is 16.0 Å². The van der Waals surface area contributed by atoms with Gasteiger partial charge in [-0.2, -0.15) is 0 Å². The van der Waals surface area contributed by atoms with Crippen LogP contribution in [0.4, 0.5) is 0 Å². The van der Waals surface area contributed by atoms with Crippen LogP contribution in [0.3, 0.4) is 0 Å². The van der Waals surface area contributed by atoms with Crippen molar-refractivity contribution in [2.45, 2.75) is 26.4 Å². The van der Waals surface area contributed by atoms with Crippen LogP contribution in [0.1, 0.15) is 20.8 Å². The average molecular weight is 156 g/mol. The van der Waals surface area contributed by atoms with Crippen LogP contribution in [0.2, 0.25) is 0 Å². The fourth-order valence-corrected chi connectivity index (χ4v) is 0.786. The van der Waals surface area contributed by atoms with Crippen molar-refractivity contribution >= 4 is 8.25 Å². The van der Waals surface area contributed by atoms with Gasteiger partial charge >= 0.3 is 8.25 Å². The Kier molecular flexibility index (Phi) is 5.28. The van der Waals surface area contributed by atoms with E-state index in [9.17, 15) is 4.57 Å². The highest BCUT2D eigenvalue weighted by Gasteiger charge is 2.11. The lowest BCUT2D eigenvalue weighted by atomic mass is 10.2. The second-order valence-electron chi connectivity index (χ2n) is 2.48. The molecule has 9 heavy (non-hydrogen) atoms. The summed E-state index contributed by atoms with van der Waals surface area (Å²) < 4.78 is 14.5. The van der Waals surface area contributed by atoms with Crippen LogP contribution in [0, 0.1) is 0 Å². The zero-order valence-electron chi connectivity index (χ0n) is 5.76. The van der Waals surface area contributed by atoms with Crippen molar-refractivity contribution in [3.05, 3.63) is 0 Å². The molecule has 0 saturated carbocycles. The fraction of sp³-hybridized carbons (Fsp3) is 1.00. The molecule has 0 amide bonds. The van der Waals surface area contributed by atoms with Gasteiger partial charge in [-0.3, -0.25) is 4.57 Å². The highest BCUT2D eigenvalue weighted by molar-refractivity contribution is 7.32. The van der Waals surface area contributed by atoms with Gasteiger partial charge in [0.2, 0.25) is 0 Å². The van der Waals surface area contributed by atoms with E-state index < -0.39 is 13.9 Å². The van der Waals surface area contributed by atoms with Crippen LogP contribution in [0.25, 0.3) is 0 Å². The van der Waals surface area contributed by atoms with Crippen molar-refractivity contribution in [3.8, 4) is 0 Å². The Morgan fingerprint density at radius 2 is 1.78 bits per heavy atom. The van der Waals surface area contributed by atoms with Crippen LogP contribution in [0.15, 0.2) is 0 Å². The van der Waals surface area contributed by atoms with Crippen LogP contribution in [0.5, 0.6) is 0 Å². The van der Waals surface area contributed by atoms with Gasteiger partial charge in [0.05, 0.1) is 5.60 Å². The molecule has 5 heteroatoms. The molecule has 1 atom stereocenters. The zero-order valence-corrected chi connectivity index (χ0v) is 6.76. The molecule has 0 rings (SSSR count). The smallest absolute Gasteiger partial charge is 0.317 e. The summed E-state index contributed by atoms with van der Waals surface area (Å²) in [6.45, 7) is 5.18. The first-order chi connectivity index (χ1) is 3.42. The standard InChI is InChI=1S/C4H11O3P.H2O/c1-4(2,3)7-8(5)6;/h8H,1-3H3,(H,5,6);1H2. The van der Waals surface area contributed by atoms with E-state index in [0.29, 0.717) is 0 Å². The molecule has 0 aromatic heterocycles. The quantitative estimate of drug-likeness (QED) is 0.556. The lowest BCUT2D eigenvalue weighted by Crippen LogP contribution is -2.14. The summed E-state index contributed by atoms with van der Waals surface area (Å²) >= 11 is 0. The largest absolute Gasteiger partial charge is 0.412 e. The minimum atomic E-state index is -2.74. The second kappa shape index (κ2) is 4.01. The molecule has 0 aliphatic carbocycles. The topological polar surface area (TPSA) is 78.0 Å². The van der Waals surface area contributed by atoms with E-state index in [4.69, 9.17) is 4.89 Å². The third-order valence-corrected chi connectivity index (χ3v) is 1.18. The molecule has 0 aromatic rings. The van der Waals surface area contributed by atoms with E-state index in [1.165, 1.54) is 0 Å². The molecule has 0 fully saturated rings. The number of hydrogen-bond donors (Lipinski definition) is 1. The average Bonchev–Trinajstić information content (AvgIpc) is 1.21. The molecule has 0 aliphatic heterocycles. The monoisotopic (exact) mass is 156 g/mol. The molecule has 0 radical (unpaired) electrons. The summed E-state index contributed by atoms with van der Waals surface area (Å²) in [4.78, 5) is 8.21. The van der Waals surface area contributed by atoms with Gasteiger partial charge in [-0.1, -0.05) is 0 Å². The molecule has 0 aromatic carbocycles. The second-order valence-corrected chi connectivity index (χ2v) is 3.22. The Balaban J connectivity index is 0. The lowest BCUT2D eigenvalue weighted by molar-refractivity contribution is 0.123. The molecule has 0 bridgehead atoms. The van der Waals surface area contributed by atoms with Crippen LogP contribution >= 0.6 is 8.25 Å². The first kappa shape index (κ1) is 11.9. The van der Waals surface area contributed by atoms with Gasteiger partial charge in [0.15, 0.2) is 0 Å². The Morgan fingerprint density at radius 1 is 1.44 bits per heavy atom. The summed E-state index contributed by atoms with van der Waals surface area (Å²) in [5.41, 5.74) is -0.495. The SMILES string of the molecule is CC(C)(C)O[PH](=O)O.O. The molecule has 4 nitrogen and oxygen atoms in total. The third kappa shape index (κ3) is 11.6. The maximum Gasteiger partial charge on any atom is 0.317 e. The predicted octanol–water partition coefficient (Wildman–Crippen LogP) is 0.359. The van der Waals surface area contributed by atoms with E-state index >= 15 is 0 Å². The maximum absolute atomic E-state index is 9.98. The van der Waals surface area contributed by atoms with Gasteiger partial charge in [-0.25, -0.2) is 0 Å². The van der Waals surface area contributed by atoms with Gasteiger partial charge in [0.25, 0.3) is 0 Å².